The van der Waals surface area contributed by atoms with Gasteiger partial charge in [0.1, 0.15) is 6.10 Å². The molecule has 0 bridgehead atoms. The average molecular weight is 266 g/mol. The quantitative estimate of drug-likeness (QED) is 0.860. The highest BCUT2D eigenvalue weighted by atomic mass is 79.9. The van der Waals surface area contributed by atoms with Gasteiger partial charge in [-0.15, -0.1) is 0 Å². The van der Waals surface area contributed by atoms with Crippen LogP contribution in [0.2, 0.25) is 0 Å². The Morgan fingerprint density at radius 3 is 2.73 bits per heavy atom. The van der Waals surface area contributed by atoms with Crippen LogP contribution in [0.25, 0.3) is 0 Å². The second-order valence-electron chi connectivity index (χ2n) is 3.57. The normalized spacial score (nSPS) is 12.7. The maximum Gasteiger partial charge on any atom is 0.107 e. The summed E-state index contributed by atoms with van der Waals surface area (Å²) in [5.41, 5.74) is 2.94. The molecule has 2 aromatic rings. The Morgan fingerprint density at radius 1 is 1.33 bits per heavy atom. The molecule has 2 nitrogen and oxygen atoms in total. The number of benzene rings is 1. The van der Waals surface area contributed by atoms with Gasteiger partial charge in [0.05, 0.1) is 0 Å². The van der Waals surface area contributed by atoms with Crippen molar-refractivity contribution in [2.75, 3.05) is 0 Å². The lowest BCUT2D eigenvalue weighted by Crippen LogP contribution is -1.99. The van der Waals surface area contributed by atoms with Crippen molar-refractivity contribution in [2.24, 2.45) is 0 Å². The van der Waals surface area contributed by atoms with E-state index in [0.717, 1.165) is 15.6 Å². The fraction of sp³-hybridized carbons (Fsp3) is 0.167. The van der Waals surface area contributed by atoms with E-state index in [1.807, 2.05) is 31.2 Å². The Morgan fingerprint density at radius 2 is 2.13 bits per heavy atom. The summed E-state index contributed by atoms with van der Waals surface area (Å²) in [4.78, 5) is 2.94. The number of rotatable bonds is 2. The molecule has 1 atom stereocenters. The van der Waals surface area contributed by atoms with Crippen LogP contribution in [0.4, 0.5) is 0 Å². The molecule has 0 aliphatic carbocycles. The average Bonchev–Trinajstić information content (AvgIpc) is 2.69. The van der Waals surface area contributed by atoms with E-state index in [-0.39, 0.29) is 0 Å². The first-order valence-electron chi connectivity index (χ1n) is 4.75. The summed E-state index contributed by atoms with van der Waals surface area (Å²) in [6.07, 6.45) is 3.03. The van der Waals surface area contributed by atoms with Crippen molar-refractivity contribution < 1.29 is 5.11 Å². The largest absolute Gasteiger partial charge is 0.384 e. The molecule has 0 fully saturated rings. The molecular weight excluding hydrogens is 254 g/mol. The minimum absolute atomic E-state index is 0.578. The monoisotopic (exact) mass is 265 g/mol. The fourth-order valence-electron chi connectivity index (χ4n) is 1.54. The topological polar surface area (TPSA) is 36.0 Å². The van der Waals surface area contributed by atoms with Gasteiger partial charge < -0.3 is 10.1 Å². The molecule has 3 heteroatoms. The maximum atomic E-state index is 10.1. The molecular formula is C12H12BrNO. The van der Waals surface area contributed by atoms with Crippen molar-refractivity contribution in [3.63, 3.8) is 0 Å². The Labute approximate surface area is 97.1 Å². The number of aryl methyl sites for hydroxylation is 1. The zero-order valence-electron chi connectivity index (χ0n) is 8.37. The van der Waals surface area contributed by atoms with E-state index < -0.39 is 6.10 Å². The van der Waals surface area contributed by atoms with Crippen molar-refractivity contribution in [2.45, 2.75) is 13.0 Å². The fourth-order valence-corrected chi connectivity index (χ4v) is 2.25. The van der Waals surface area contributed by atoms with Crippen molar-refractivity contribution in [3.8, 4) is 0 Å². The molecule has 0 amide bonds. The minimum atomic E-state index is -0.578. The number of hydrogen-bond donors (Lipinski definition) is 2. The van der Waals surface area contributed by atoms with Crippen molar-refractivity contribution in [1.29, 1.82) is 0 Å². The highest BCUT2D eigenvalue weighted by Crippen LogP contribution is 2.28. The highest BCUT2D eigenvalue weighted by molar-refractivity contribution is 9.10. The lowest BCUT2D eigenvalue weighted by molar-refractivity contribution is 0.219. The lowest BCUT2D eigenvalue weighted by Gasteiger charge is -2.11. The number of aliphatic hydroxyl groups excluding tert-OH is 1. The van der Waals surface area contributed by atoms with Crippen molar-refractivity contribution in [3.05, 3.63) is 57.8 Å². The van der Waals surface area contributed by atoms with Crippen LogP contribution in [0, 0.1) is 6.92 Å². The SMILES string of the molecule is Cc1ccc(C(O)c2cc[nH]c2)c(Br)c1. The van der Waals surface area contributed by atoms with Crippen LogP contribution in [0.3, 0.4) is 0 Å². The molecule has 78 valence electrons. The van der Waals surface area contributed by atoms with Gasteiger partial charge in [-0.25, -0.2) is 0 Å². The number of aromatic amines is 1. The third kappa shape index (κ3) is 2.13. The first kappa shape index (κ1) is 10.5. The summed E-state index contributed by atoms with van der Waals surface area (Å²) >= 11 is 3.46. The summed E-state index contributed by atoms with van der Waals surface area (Å²) < 4.78 is 0.941. The molecule has 2 rings (SSSR count). The first-order valence-corrected chi connectivity index (χ1v) is 5.54. The molecule has 1 aromatic heterocycles. The number of aromatic nitrogens is 1. The third-order valence-electron chi connectivity index (χ3n) is 2.39. The zero-order chi connectivity index (χ0) is 10.8. The van der Waals surface area contributed by atoms with Crippen LogP contribution in [-0.2, 0) is 0 Å². The Bertz CT molecular complexity index is 451. The van der Waals surface area contributed by atoms with Crippen LogP contribution in [0.1, 0.15) is 22.8 Å². The van der Waals surface area contributed by atoms with Gasteiger partial charge in [0, 0.05) is 22.4 Å². The molecule has 0 aliphatic heterocycles. The third-order valence-corrected chi connectivity index (χ3v) is 3.08. The molecule has 15 heavy (non-hydrogen) atoms. The van der Waals surface area contributed by atoms with Gasteiger partial charge in [0.2, 0.25) is 0 Å². The Hall–Kier alpha value is -1.06. The van der Waals surface area contributed by atoms with Crippen LogP contribution < -0.4 is 0 Å². The number of halogens is 1. The van der Waals surface area contributed by atoms with Gasteiger partial charge in [0.25, 0.3) is 0 Å². The molecule has 0 spiro atoms. The molecule has 0 saturated heterocycles. The molecule has 0 saturated carbocycles. The summed E-state index contributed by atoms with van der Waals surface area (Å²) in [5, 5.41) is 10.1. The van der Waals surface area contributed by atoms with E-state index in [1.54, 1.807) is 12.4 Å². The predicted molar refractivity (Wildman–Crippen MR) is 63.7 cm³/mol. The van der Waals surface area contributed by atoms with Gasteiger partial charge in [-0.2, -0.15) is 0 Å². The van der Waals surface area contributed by atoms with Crippen molar-refractivity contribution in [1.82, 2.24) is 4.98 Å². The van der Waals surface area contributed by atoms with Gasteiger partial charge in [-0.3, -0.25) is 0 Å². The van der Waals surface area contributed by atoms with Gasteiger partial charge in [-0.05, 0) is 30.2 Å². The number of aliphatic hydroxyl groups is 1. The second kappa shape index (κ2) is 4.21. The first-order chi connectivity index (χ1) is 7.18. The molecule has 2 N–H and O–H groups in total. The zero-order valence-corrected chi connectivity index (χ0v) is 9.95. The highest BCUT2D eigenvalue weighted by Gasteiger charge is 2.13. The van der Waals surface area contributed by atoms with Crippen LogP contribution in [0.15, 0.2) is 41.1 Å². The van der Waals surface area contributed by atoms with Gasteiger partial charge in [0.15, 0.2) is 0 Å². The summed E-state index contributed by atoms with van der Waals surface area (Å²) in [5.74, 6) is 0. The Balaban J connectivity index is 2.38. The molecule has 1 unspecified atom stereocenters. The van der Waals surface area contributed by atoms with Crippen LogP contribution >= 0.6 is 15.9 Å². The van der Waals surface area contributed by atoms with E-state index in [1.165, 1.54) is 5.56 Å². The van der Waals surface area contributed by atoms with Gasteiger partial charge in [-0.1, -0.05) is 28.1 Å². The second-order valence-corrected chi connectivity index (χ2v) is 4.43. The maximum absolute atomic E-state index is 10.1. The number of hydrogen-bond acceptors (Lipinski definition) is 1. The smallest absolute Gasteiger partial charge is 0.107 e. The number of H-pyrrole nitrogens is 1. The van der Waals surface area contributed by atoms with E-state index >= 15 is 0 Å². The van der Waals surface area contributed by atoms with E-state index in [9.17, 15) is 5.11 Å². The summed E-state index contributed by atoms with van der Waals surface area (Å²) in [6, 6.07) is 7.81. The van der Waals surface area contributed by atoms with Gasteiger partial charge >= 0.3 is 0 Å². The molecule has 0 aliphatic rings. The van der Waals surface area contributed by atoms with E-state index in [2.05, 4.69) is 20.9 Å². The Kier molecular flexibility index (Phi) is 2.93. The van der Waals surface area contributed by atoms with E-state index in [4.69, 9.17) is 0 Å². The molecule has 0 radical (unpaired) electrons. The standard InChI is InChI=1S/C12H12BrNO/c1-8-2-3-10(11(13)6-8)12(15)9-4-5-14-7-9/h2-7,12,14-15H,1H3. The summed E-state index contributed by atoms with van der Waals surface area (Å²) in [6.45, 7) is 2.03. The van der Waals surface area contributed by atoms with Crippen molar-refractivity contribution >= 4 is 15.9 Å². The predicted octanol–water partition coefficient (Wildman–Crippen LogP) is 3.17. The number of nitrogens with one attached hydrogen (secondary N) is 1. The summed E-state index contributed by atoms with van der Waals surface area (Å²) in [7, 11) is 0. The van der Waals surface area contributed by atoms with E-state index in [0.29, 0.717) is 0 Å². The molecule has 1 aromatic carbocycles. The lowest BCUT2D eigenvalue weighted by atomic mass is 10.0. The minimum Gasteiger partial charge on any atom is -0.384 e. The molecule has 1 heterocycles. The van der Waals surface area contributed by atoms with Crippen LogP contribution in [0.5, 0.6) is 0 Å². The van der Waals surface area contributed by atoms with Crippen LogP contribution in [-0.4, -0.2) is 10.1 Å².